The molecule has 1 aliphatic heterocycles. The van der Waals surface area contributed by atoms with E-state index in [9.17, 15) is 13.2 Å². The molecule has 0 aromatic heterocycles. The summed E-state index contributed by atoms with van der Waals surface area (Å²) in [5, 5.41) is 0. The van der Waals surface area contributed by atoms with Crippen LogP contribution >= 0.6 is 0 Å². The molecule has 0 spiro atoms. The van der Waals surface area contributed by atoms with E-state index in [1.54, 1.807) is 6.92 Å². The van der Waals surface area contributed by atoms with Gasteiger partial charge in [0.05, 0.1) is 11.5 Å². The average molecular weight is 220 g/mol. The number of rotatable bonds is 3. The number of methoxy groups -OCH3 is 1. The molecule has 1 heterocycles. The van der Waals surface area contributed by atoms with Crippen LogP contribution in [0.2, 0.25) is 0 Å². The molecule has 1 fully saturated rings. The Kier molecular flexibility index (Phi) is 3.32. The molecule has 0 aromatic carbocycles. The van der Waals surface area contributed by atoms with Crippen LogP contribution in [0.25, 0.3) is 0 Å². The molecule has 4 nitrogen and oxygen atoms in total. The van der Waals surface area contributed by atoms with Crippen molar-refractivity contribution in [2.45, 2.75) is 31.8 Å². The van der Waals surface area contributed by atoms with Gasteiger partial charge < -0.3 is 4.74 Å². The van der Waals surface area contributed by atoms with Gasteiger partial charge >= 0.3 is 0 Å². The van der Waals surface area contributed by atoms with Gasteiger partial charge in [0.15, 0.2) is 15.6 Å². The lowest BCUT2D eigenvalue weighted by Gasteiger charge is -2.33. The minimum absolute atomic E-state index is 0.00917. The van der Waals surface area contributed by atoms with Crippen LogP contribution in [0.15, 0.2) is 0 Å². The molecule has 0 N–H and O–H groups in total. The van der Waals surface area contributed by atoms with Gasteiger partial charge in [-0.05, 0) is 12.8 Å². The zero-order chi connectivity index (χ0) is 10.8. The molecule has 0 amide bonds. The first-order valence-electron chi connectivity index (χ1n) is 4.74. The fraction of sp³-hybridized carbons (Fsp3) is 0.889. The molecule has 1 aliphatic rings. The van der Waals surface area contributed by atoms with E-state index in [4.69, 9.17) is 4.74 Å². The van der Waals surface area contributed by atoms with Crippen molar-refractivity contribution in [3.63, 3.8) is 0 Å². The van der Waals surface area contributed by atoms with Gasteiger partial charge in [0.2, 0.25) is 0 Å². The molecular weight excluding hydrogens is 204 g/mol. The van der Waals surface area contributed by atoms with E-state index in [0.717, 1.165) is 0 Å². The first-order chi connectivity index (χ1) is 6.46. The standard InChI is InChI=1S/C9H16O4S/c1-3-8(10)9(13-2)4-6-14(11,12)7-5-9/h3-7H2,1-2H3. The Morgan fingerprint density at radius 1 is 1.36 bits per heavy atom. The SMILES string of the molecule is CCC(=O)C1(OC)CCS(=O)(=O)CC1. The minimum atomic E-state index is -2.94. The third kappa shape index (κ3) is 2.15. The number of hydrogen-bond acceptors (Lipinski definition) is 4. The molecule has 0 bridgehead atoms. The number of ether oxygens (including phenoxy) is 1. The number of hydrogen-bond donors (Lipinski definition) is 0. The number of Topliss-reactive ketones (excluding diaryl/α,β-unsaturated/α-hetero) is 1. The van der Waals surface area contributed by atoms with Crippen LogP contribution in [0, 0.1) is 0 Å². The van der Waals surface area contributed by atoms with Crippen LogP contribution in [0.4, 0.5) is 0 Å². The van der Waals surface area contributed by atoms with Crippen molar-refractivity contribution in [3.8, 4) is 0 Å². The molecule has 1 rings (SSSR count). The van der Waals surface area contributed by atoms with Crippen molar-refractivity contribution < 1.29 is 17.9 Å². The van der Waals surface area contributed by atoms with Crippen molar-refractivity contribution in [2.24, 2.45) is 0 Å². The molecule has 1 saturated heterocycles. The van der Waals surface area contributed by atoms with Gasteiger partial charge in [-0.2, -0.15) is 0 Å². The predicted molar refractivity (Wildman–Crippen MR) is 52.9 cm³/mol. The van der Waals surface area contributed by atoms with Gasteiger partial charge in [0, 0.05) is 13.5 Å². The maximum Gasteiger partial charge on any atom is 0.164 e. The first-order valence-corrected chi connectivity index (χ1v) is 6.57. The summed E-state index contributed by atoms with van der Waals surface area (Å²) in [7, 11) is -1.46. The van der Waals surface area contributed by atoms with E-state index in [2.05, 4.69) is 0 Å². The van der Waals surface area contributed by atoms with E-state index < -0.39 is 15.4 Å². The quantitative estimate of drug-likeness (QED) is 0.697. The number of carbonyl (C=O) groups excluding carboxylic acids is 1. The highest BCUT2D eigenvalue weighted by atomic mass is 32.2. The molecule has 14 heavy (non-hydrogen) atoms. The van der Waals surface area contributed by atoms with Crippen LogP contribution in [-0.2, 0) is 19.4 Å². The highest BCUT2D eigenvalue weighted by Crippen LogP contribution is 2.28. The Bertz CT molecular complexity index is 304. The highest BCUT2D eigenvalue weighted by Gasteiger charge is 2.42. The lowest BCUT2D eigenvalue weighted by atomic mass is 9.90. The third-order valence-corrected chi connectivity index (χ3v) is 4.51. The topological polar surface area (TPSA) is 60.4 Å². The molecule has 0 unspecified atom stereocenters. The Morgan fingerprint density at radius 2 is 1.86 bits per heavy atom. The first kappa shape index (κ1) is 11.7. The summed E-state index contributed by atoms with van der Waals surface area (Å²) in [5.74, 6) is 0.133. The summed E-state index contributed by atoms with van der Waals surface area (Å²) in [6, 6.07) is 0. The number of carbonyl (C=O) groups is 1. The van der Waals surface area contributed by atoms with Crippen LogP contribution < -0.4 is 0 Å². The van der Waals surface area contributed by atoms with Crippen LogP contribution in [0.3, 0.4) is 0 Å². The Labute approximate surface area is 84.6 Å². The van der Waals surface area contributed by atoms with Crippen molar-refractivity contribution in [3.05, 3.63) is 0 Å². The molecule has 82 valence electrons. The van der Waals surface area contributed by atoms with Gasteiger partial charge in [0.25, 0.3) is 0 Å². The fourth-order valence-electron chi connectivity index (χ4n) is 1.79. The van der Waals surface area contributed by atoms with E-state index in [1.807, 2.05) is 0 Å². The number of ketones is 1. The number of sulfone groups is 1. The molecular formula is C9H16O4S. The average Bonchev–Trinajstić information content (AvgIpc) is 2.18. The maximum atomic E-state index is 11.6. The molecule has 0 aromatic rings. The van der Waals surface area contributed by atoms with E-state index in [0.29, 0.717) is 19.3 Å². The molecule has 0 aliphatic carbocycles. The second-order valence-electron chi connectivity index (χ2n) is 3.63. The normalized spacial score (nSPS) is 24.4. The Balaban J connectivity index is 2.81. The van der Waals surface area contributed by atoms with Gasteiger partial charge in [-0.1, -0.05) is 6.92 Å². The van der Waals surface area contributed by atoms with Gasteiger partial charge in [0.1, 0.15) is 5.60 Å². The summed E-state index contributed by atoms with van der Waals surface area (Å²) in [5.41, 5.74) is -0.833. The van der Waals surface area contributed by atoms with Crippen molar-refractivity contribution in [1.29, 1.82) is 0 Å². The monoisotopic (exact) mass is 220 g/mol. The lowest BCUT2D eigenvalue weighted by molar-refractivity contribution is -0.141. The molecule has 0 atom stereocenters. The maximum absolute atomic E-state index is 11.6. The van der Waals surface area contributed by atoms with Crippen LogP contribution in [0.5, 0.6) is 0 Å². The summed E-state index contributed by atoms with van der Waals surface area (Å²) >= 11 is 0. The zero-order valence-corrected chi connectivity index (χ0v) is 9.39. The fourth-order valence-corrected chi connectivity index (χ4v) is 3.27. The lowest BCUT2D eigenvalue weighted by Crippen LogP contribution is -2.47. The highest BCUT2D eigenvalue weighted by molar-refractivity contribution is 7.91. The van der Waals surface area contributed by atoms with E-state index in [1.165, 1.54) is 7.11 Å². The smallest absolute Gasteiger partial charge is 0.164 e. The van der Waals surface area contributed by atoms with E-state index >= 15 is 0 Å². The van der Waals surface area contributed by atoms with Gasteiger partial charge in [-0.25, -0.2) is 8.42 Å². The van der Waals surface area contributed by atoms with Crippen LogP contribution in [-0.4, -0.2) is 38.4 Å². The zero-order valence-electron chi connectivity index (χ0n) is 8.58. The van der Waals surface area contributed by atoms with Gasteiger partial charge in [-0.3, -0.25) is 4.79 Å². The molecule has 0 saturated carbocycles. The summed E-state index contributed by atoms with van der Waals surface area (Å²) < 4.78 is 27.6. The Morgan fingerprint density at radius 3 is 2.21 bits per heavy atom. The predicted octanol–water partition coefficient (Wildman–Crippen LogP) is 0.559. The van der Waals surface area contributed by atoms with Crippen molar-refractivity contribution >= 4 is 15.6 Å². The summed E-state index contributed by atoms with van der Waals surface area (Å²) in [6.07, 6.45) is 1.00. The molecule has 0 radical (unpaired) electrons. The molecule has 5 heteroatoms. The Hall–Kier alpha value is -0.420. The second-order valence-corrected chi connectivity index (χ2v) is 5.93. The second kappa shape index (κ2) is 3.98. The van der Waals surface area contributed by atoms with Crippen molar-refractivity contribution in [2.75, 3.05) is 18.6 Å². The minimum Gasteiger partial charge on any atom is -0.370 e. The van der Waals surface area contributed by atoms with E-state index in [-0.39, 0.29) is 17.3 Å². The third-order valence-electron chi connectivity index (χ3n) is 2.85. The summed E-state index contributed by atoms with van der Waals surface area (Å²) in [4.78, 5) is 11.6. The van der Waals surface area contributed by atoms with Crippen molar-refractivity contribution in [1.82, 2.24) is 0 Å². The van der Waals surface area contributed by atoms with Crippen LogP contribution in [0.1, 0.15) is 26.2 Å². The largest absolute Gasteiger partial charge is 0.370 e. The summed E-state index contributed by atoms with van der Waals surface area (Å²) in [6.45, 7) is 1.77. The van der Waals surface area contributed by atoms with Gasteiger partial charge in [-0.15, -0.1) is 0 Å².